The summed E-state index contributed by atoms with van der Waals surface area (Å²) in [6.07, 6.45) is 5.89. The minimum absolute atomic E-state index is 0.104. The van der Waals surface area contributed by atoms with Crippen LogP contribution in [-0.2, 0) is 0 Å². The normalized spacial score (nSPS) is 23.6. The lowest BCUT2D eigenvalue weighted by Gasteiger charge is -2.31. The molecule has 4 nitrogen and oxygen atoms in total. The Bertz CT molecular complexity index is 419. The molecule has 0 aliphatic heterocycles. The van der Waals surface area contributed by atoms with Crippen LogP contribution >= 0.6 is 0 Å². The van der Waals surface area contributed by atoms with Crippen LogP contribution < -0.4 is 11.1 Å². The Morgan fingerprint density at radius 3 is 2.94 bits per heavy atom. The van der Waals surface area contributed by atoms with Gasteiger partial charge in [0.1, 0.15) is 11.5 Å². The summed E-state index contributed by atoms with van der Waals surface area (Å²) in [7, 11) is 0. The number of hydrogen-bond donors (Lipinski definition) is 2. The SMILES string of the molecule is CCC1CCCCC1NC(=O)c1cccc(N)n1. The smallest absolute Gasteiger partial charge is 0.270 e. The monoisotopic (exact) mass is 247 g/mol. The van der Waals surface area contributed by atoms with E-state index in [1.54, 1.807) is 18.2 Å². The van der Waals surface area contributed by atoms with E-state index in [0.29, 0.717) is 23.5 Å². The molecule has 0 aromatic carbocycles. The molecule has 3 N–H and O–H groups in total. The summed E-state index contributed by atoms with van der Waals surface area (Å²) in [5, 5.41) is 3.11. The summed E-state index contributed by atoms with van der Waals surface area (Å²) in [5.74, 6) is 0.884. The van der Waals surface area contributed by atoms with E-state index in [9.17, 15) is 4.79 Å². The van der Waals surface area contributed by atoms with Gasteiger partial charge in [0, 0.05) is 6.04 Å². The van der Waals surface area contributed by atoms with Crippen molar-refractivity contribution in [1.82, 2.24) is 10.3 Å². The Morgan fingerprint density at radius 2 is 2.22 bits per heavy atom. The lowest BCUT2D eigenvalue weighted by molar-refractivity contribution is 0.0900. The van der Waals surface area contributed by atoms with Crippen LogP contribution in [0.25, 0.3) is 0 Å². The number of nitrogen functional groups attached to an aromatic ring is 1. The van der Waals surface area contributed by atoms with Crippen molar-refractivity contribution >= 4 is 11.7 Å². The van der Waals surface area contributed by atoms with Gasteiger partial charge in [-0.1, -0.05) is 32.3 Å². The molecule has 0 spiro atoms. The molecule has 0 saturated heterocycles. The molecule has 2 unspecified atom stereocenters. The van der Waals surface area contributed by atoms with Gasteiger partial charge < -0.3 is 11.1 Å². The molecule has 4 heteroatoms. The fraction of sp³-hybridized carbons (Fsp3) is 0.571. The lowest BCUT2D eigenvalue weighted by atomic mass is 9.83. The topological polar surface area (TPSA) is 68.0 Å². The molecule has 1 amide bonds. The highest BCUT2D eigenvalue weighted by Crippen LogP contribution is 2.26. The number of nitrogens with two attached hydrogens (primary N) is 1. The summed E-state index contributed by atoms with van der Waals surface area (Å²) in [5.41, 5.74) is 6.00. The summed E-state index contributed by atoms with van der Waals surface area (Å²) in [6, 6.07) is 5.44. The Kier molecular flexibility index (Phi) is 4.18. The molecule has 0 bridgehead atoms. The number of rotatable bonds is 3. The van der Waals surface area contributed by atoms with E-state index in [1.165, 1.54) is 19.3 Å². The predicted octanol–water partition coefficient (Wildman–Crippen LogP) is 2.36. The van der Waals surface area contributed by atoms with Gasteiger partial charge >= 0.3 is 0 Å². The number of nitrogens with one attached hydrogen (secondary N) is 1. The fourth-order valence-corrected chi connectivity index (χ4v) is 2.71. The Morgan fingerprint density at radius 1 is 1.44 bits per heavy atom. The van der Waals surface area contributed by atoms with Crippen molar-refractivity contribution in [2.45, 2.75) is 45.1 Å². The number of hydrogen-bond acceptors (Lipinski definition) is 3. The second-order valence-corrected chi connectivity index (χ2v) is 4.98. The number of pyridine rings is 1. The quantitative estimate of drug-likeness (QED) is 0.861. The highest BCUT2D eigenvalue weighted by Gasteiger charge is 2.25. The largest absolute Gasteiger partial charge is 0.384 e. The van der Waals surface area contributed by atoms with Gasteiger partial charge in [-0.15, -0.1) is 0 Å². The molecule has 1 aliphatic rings. The zero-order chi connectivity index (χ0) is 13.0. The molecule has 1 fully saturated rings. The first-order chi connectivity index (χ1) is 8.70. The fourth-order valence-electron chi connectivity index (χ4n) is 2.71. The standard InChI is InChI=1S/C14H21N3O/c1-2-10-6-3-4-7-11(10)17-14(18)12-8-5-9-13(15)16-12/h5,8-11H,2-4,6-7H2,1H3,(H2,15,16)(H,17,18). The third-order valence-electron chi connectivity index (χ3n) is 3.75. The first-order valence-corrected chi connectivity index (χ1v) is 6.74. The van der Waals surface area contributed by atoms with Crippen molar-refractivity contribution in [3.8, 4) is 0 Å². The maximum absolute atomic E-state index is 12.1. The zero-order valence-electron chi connectivity index (χ0n) is 10.9. The van der Waals surface area contributed by atoms with E-state index in [1.807, 2.05) is 0 Å². The van der Waals surface area contributed by atoms with Crippen LogP contribution in [0.3, 0.4) is 0 Å². The van der Waals surface area contributed by atoms with Crippen LogP contribution in [0.4, 0.5) is 5.82 Å². The van der Waals surface area contributed by atoms with Gasteiger partial charge in [-0.3, -0.25) is 4.79 Å². The average Bonchev–Trinajstić information content (AvgIpc) is 2.39. The summed E-state index contributed by atoms with van der Waals surface area (Å²) >= 11 is 0. The summed E-state index contributed by atoms with van der Waals surface area (Å²) in [4.78, 5) is 16.2. The van der Waals surface area contributed by atoms with Crippen LogP contribution in [0, 0.1) is 5.92 Å². The third-order valence-corrected chi connectivity index (χ3v) is 3.75. The van der Waals surface area contributed by atoms with Crippen molar-refractivity contribution in [1.29, 1.82) is 0 Å². The lowest BCUT2D eigenvalue weighted by Crippen LogP contribution is -2.42. The number of nitrogens with zero attached hydrogens (tertiary/aromatic N) is 1. The van der Waals surface area contributed by atoms with Crippen molar-refractivity contribution in [2.24, 2.45) is 5.92 Å². The first-order valence-electron chi connectivity index (χ1n) is 6.74. The zero-order valence-corrected chi connectivity index (χ0v) is 10.9. The van der Waals surface area contributed by atoms with E-state index in [0.717, 1.165) is 12.8 Å². The van der Waals surface area contributed by atoms with E-state index >= 15 is 0 Å². The van der Waals surface area contributed by atoms with Crippen LogP contribution in [0.5, 0.6) is 0 Å². The summed E-state index contributed by atoms with van der Waals surface area (Å²) in [6.45, 7) is 2.19. The van der Waals surface area contributed by atoms with E-state index in [-0.39, 0.29) is 5.91 Å². The van der Waals surface area contributed by atoms with Gasteiger partial charge in [0.2, 0.25) is 0 Å². The van der Waals surface area contributed by atoms with E-state index in [4.69, 9.17) is 5.73 Å². The van der Waals surface area contributed by atoms with Crippen molar-refractivity contribution < 1.29 is 4.79 Å². The molecule has 1 aromatic rings. The minimum Gasteiger partial charge on any atom is -0.384 e. The van der Waals surface area contributed by atoms with Gasteiger partial charge in [0.25, 0.3) is 5.91 Å². The molecule has 1 saturated carbocycles. The van der Waals surface area contributed by atoms with Crippen molar-refractivity contribution in [3.63, 3.8) is 0 Å². The van der Waals surface area contributed by atoms with Crippen molar-refractivity contribution in [2.75, 3.05) is 5.73 Å². The van der Waals surface area contributed by atoms with Crippen LogP contribution in [0.1, 0.15) is 49.5 Å². The molecule has 1 aromatic heterocycles. The molecular weight excluding hydrogens is 226 g/mol. The van der Waals surface area contributed by atoms with Gasteiger partial charge in [-0.2, -0.15) is 0 Å². The molecule has 2 rings (SSSR count). The van der Waals surface area contributed by atoms with E-state index < -0.39 is 0 Å². The van der Waals surface area contributed by atoms with Gasteiger partial charge in [0.05, 0.1) is 0 Å². The Labute approximate surface area is 108 Å². The first kappa shape index (κ1) is 12.9. The Hall–Kier alpha value is -1.58. The van der Waals surface area contributed by atoms with Crippen LogP contribution in [0.15, 0.2) is 18.2 Å². The molecule has 18 heavy (non-hydrogen) atoms. The predicted molar refractivity (Wildman–Crippen MR) is 72.2 cm³/mol. The number of carbonyl (C=O) groups excluding carboxylic acids is 1. The molecule has 2 atom stereocenters. The molecular formula is C14H21N3O. The molecule has 98 valence electrons. The third kappa shape index (κ3) is 3.00. The molecule has 1 aliphatic carbocycles. The number of aromatic nitrogens is 1. The minimum atomic E-state index is -0.104. The van der Waals surface area contributed by atoms with Crippen molar-refractivity contribution in [3.05, 3.63) is 23.9 Å². The molecule has 0 radical (unpaired) electrons. The number of anilines is 1. The maximum Gasteiger partial charge on any atom is 0.270 e. The maximum atomic E-state index is 12.1. The van der Waals surface area contributed by atoms with Crippen LogP contribution in [0.2, 0.25) is 0 Å². The van der Waals surface area contributed by atoms with Gasteiger partial charge in [-0.25, -0.2) is 4.98 Å². The highest BCUT2D eigenvalue weighted by atomic mass is 16.1. The summed E-state index contributed by atoms with van der Waals surface area (Å²) < 4.78 is 0. The van der Waals surface area contributed by atoms with Gasteiger partial charge in [0.15, 0.2) is 0 Å². The van der Waals surface area contributed by atoms with E-state index in [2.05, 4.69) is 17.2 Å². The van der Waals surface area contributed by atoms with Crippen LogP contribution in [-0.4, -0.2) is 16.9 Å². The number of carbonyl (C=O) groups is 1. The Balaban J connectivity index is 2.02. The number of amides is 1. The molecule has 1 heterocycles. The average molecular weight is 247 g/mol. The second kappa shape index (κ2) is 5.85. The van der Waals surface area contributed by atoms with Gasteiger partial charge in [-0.05, 0) is 30.9 Å². The second-order valence-electron chi connectivity index (χ2n) is 4.98. The highest BCUT2D eigenvalue weighted by molar-refractivity contribution is 5.92.